The van der Waals surface area contributed by atoms with Crippen molar-refractivity contribution in [3.63, 3.8) is 0 Å². The number of ether oxygens (including phenoxy) is 1. The van der Waals surface area contributed by atoms with Crippen molar-refractivity contribution in [3.05, 3.63) is 53.1 Å². The highest BCUT2D eigenvalue weighted by molar-refractivity contribution is 6.31. The average Bonchev–Trinajstić information content (AvgIpc) is 2.61. The first-order valence-corrected chi connectivity index (χ1v) is 7.98. The van der Waals surface area contributed by atoms with Gasteiger partial charge in [0.05, 0.1) is 16.3 Å². The zero-order valence-corrected chi connectivity index (χ0v) is 14.9. The number of rotatable bonds is 5. The van der Waals surface area contributed by atoms with Gasteiger partial charge in [-0.3, -0.25) is 4.79 Å². The van der Waals surface area contributed by atoms with Crippen LogP contribution in [-0.2, 0) is 11.0 Å². The number of carbonyl (C=O) groups is 1. The SMILES string of the molecule is CC(=Nc1cccc(OCC(=O)Nc2ccc(Cl)c(C(F)(F)F)c2)c1)NN. The fraction of sp³-hybridized carbons (Fsp3) is 0.176. The van der Waals surface area contributed by atoms with E-state index in [1.165, 1.54) is 6.07 Å². The fourth-order valence-electron chi connectivity index (χ4n) is 2.03. The molecule has 27 heavy (non-hydrogen) atoms. The van der Waals surface area contributed by atoms with Gasteiger partial charge >= 0.3 is 6.18 Å². The minimum Gasteiger partial charge on any atom is -0.484 e. The number of nitrogens with zero attached hydrogens (tertiary/aromatic N) is 1. The molecule has 2 aromatic carbocycles. The minimum atomic E-state index is -4.62. The summed E-state index contributed by atoms with van der Waals surface area (Å²) < 4.78 is 43.9. The van der Waals surface area contributed by atoms with Crippen molar-refractivity contribution >= 4 is 34.7 Å². The van der Waals surface area contributed by atoms with Crippen molar-refractivity contribution in [2.24, 2.45) is 10.8 Å². The quantitative estimate of drug-likeness (QED) is 0.307. The number of hydrazine groups is 1. The van der Waals surface area contributed by atoms with Crippen molar-refractivity contribution in [2.45, 2.75) is 13.1 Å². The number of aliphatic imine (C=N–C) groups is 1. The molecule has 1 amide bonds. The van der Waals surface area contributed by atoms with Crippen LogP contribution in [0.1, 0.15) is 12.5 Å². The second-order valence-electron chi connectivity index (χ2n) is 5.37. The molecule has 6 nitrogen and oxygen atoms in total. The lowest BCUT2D eigenvalue weighted by Crippen LogP contribution is -2.27. The molecule has 4 N–H and O–H groups in total. The number of nitrogens with one attached hydrogen (secondary N) is 2. The molecule has 10 heteroatoms. The van der Waals surface area contributed by atoms with Crippen LogP contribution in [-0.4, -0.2) is 18.3 Å². The Kier molecular flexibility index (Phi) is 6.65. The first-order valence-electron chi connectivity index (χ1n) is 7.60. The van der Waals surface area contributed by atoms with Crippen LogP contribution in [0.4, 0.5) is 24.5 Å². The standard InChI is InChI=1S/C17H16ClF3N4O2/c1-10(25-22)23-11-3-2-4-13(7-11)27-9-16(26)24-12-5-6-15(18)14(8-12)17(19,20)21/h2-8H,9,22H2,1H3,(H,23,25)(H,24,26). The third kappa shape index (κ3) is 6.15. The Morgan fingerprint density at radius 1 is 1.26 bits per heavy atom. The molecule has 0 aromatic heterocycles. The van der Waals surface area contributed by atoms with E-state index in [4.69, 9.17) is 22.2 Å². The van der Waals surface area contributed by atoms with Gasteiger partial charge < -0.3 is 15.5 Å². The van der Waals surface area contributed by atoms with E-state index in [-0.39, 0.29) is 5.69 Å². The van der Waals surface area contributed by atoms with E-state index < -0.39 is 29.3 Å². The molecule has 0 saturated heterocycles. The Morgan fingerprint density at radius 3 is 2.67 bits per heavy atom. The molecule has 2 aromatic rings. The second-order valence-corrected chi connectivity index (χ2v) is 5.78. The molecule has 0 spiro atoms. The van der Waals surface area contributed by atoms with Crippen LogP contribution in [0.15, 0.2) is 47.5 Å². The Morgan fingerprint density at radius 2 is 2.00 bits per heavy atom. The maximum absolute atomic E-state index is 12.8. The van der Waals surface area contributed by atoms with Gasteiger partial charge in [0, 0.05) is 11.8 Å². The van der Waals surface area contributed by atoms with E-state index >= 15 is 0 Å². The molecule has 0 saturated carbocycles. The predicted octanol–water partition coefficient (Wildman–Crippen LogP) is 3.89. The summed E-state index contributed by atoms with van der Waals surface area (Å²) in [5.74, 6) is 5.45. The molecule has 0 radical (unpaired) electrons. The van der Waals surface area contributed by atoms with Crippen LogP contribution >= 0.6 is 11.6 Å². The van der Waals surface area contributed by atoms with E-state index in [0.29, 0.717) is 17.3 Å². The van der Waals surface area contributed by atoms with Crippen LogP contribution in [0.3, 0.4) is 0 Å². The zero-order chi connectivity index (χ0) is 20.0. The van der Waals surface area contributed by atoms with Gasteiger partial charge in [0.15, 0.2) is 6.61 Å². The molecule has 0 unspecified atom stereocenters. The number of benzene rings is 2. The molecule has 0 atom stereocenters. The highest BCUT2D eigenvalue weighted by atomic mass is 35.5. The summed E-state index contributed by atoms with van der Waals surface area (Å²) in [6.45, 7) is 1.27. The van der Waals surface area contributed by atoms with Crippen molar-refractivity contribution < 1.29 is 22.7 Å². The maximum atomic E-state index is 12.8. The van der Waals surface area contributed by atoms with E-state index in [9.17, 15) is 18.0 Å². The predicted molar refractivity (Wildman–Crippen MR) is 97.1 cm³/mol. The summed E-state index contributed by atoms with van der Waals surface area (Å²) in [6.07, 6.45) is -4.62. The van der Waals surface area contributed by atoms with E-state index in [1.807, 2.05) is 0 Å². The number of carbonyl (C=O) groups excluding carboxylic acids is 1. The van der Waals surface area contributed by atoms with Crippen LogP contribution in [0, 0.1) is 0 Å². The smallest absolute Gasteiger partial charge is 0.417 e. The second kappa shape index (κ2) is 8.74. The molecule has 0 aliphatic heterocycles. The molecule has 0 bridgehead atoms. The van der Waals surface area contributed by atoms with E-state index in [0.717, 1.165) is 12.1 Å². The Bertz CT molecular complexity index is 856. The zero-order valence-electron chi connectivity index (χ0n) is 14.1. The first-order chi connectivity index (χ1) is 12.7. The molecule has 0 fully saturated rings. The number of anilines is 1. The minimum absolute atomic E-state index is 0.0386. The Hall–Kier alpha value is -2.78. The lowest BCUT2D eigenvalue weighted by Gasteiger charge is -2.12. The van der Waals surface area contributed by atoms with Gasteiger partial charge in [-0.2, -0.15) is 13.2 Å². The van der Waals surface area contributed by atoms with Crippen molar-refractivity contribution in [1.82, 2.24) is 5.43 Å². The lowest BCUT2D eigenvalue weighted by molar-refractivity contribution is -0.137. The molecule has 2 rings (SSSR count). The van der Waals surface area contributed by atoms with Gasteiger partial charge in [0.25, 0.3) is 5.91 Å². The largest absolute Gasteiger partial charge is 0.484 e. The normalized spacial score (nSPS) is 11.9. The van der Waals surface area contributed by atoms with Gasteiger partial charge in [0.2, 0.25) is 0 Å². The number of hydrogen-bond donors (Lipinski definition) is 3. The molecule has 0 heterocycles. The summed E-state index contributed by atoms with van der Waals surface area (Å²) in [6, 6.07) is 9.67. The highest BCUT2D eigenvalue weighted by Crippen LogP contribution is 2.36. The van der Waals surface area contributed by atoms with Crippen molar-refractivity contribution in [1.29, 1.82) is 0 Å². The molecule has 0 aliphatic rings. The summed E-state index contributed by atoms with van der Waals surface area (Å²) >= 11 is 5.54. The maximum Gasteiger partial charge on any atom is 0.417 e. The number of alkyl halides is 3. The van der Waals surface area contributed by atoms with Gasteiger partial charge in [0.1, 0.15) is 11.6 Å². The van der Waals surface area contributed by atoms with Crippen molar-refractivity contribution in [2.75, 3.05) is 11.9 Å². The van der Waals surface area contributed by atoms with Crippen LogP contribution in [0.2, 0.25) is 5.02 Å². The highest BCUT2D eigenvalue weighted by Gasteiger charge is 2.33. The topological polar surface area (TPSA) is 88.7 Å². The third-order valence-corrected chi connectivity index (χ3v) is 3.58. The third-order valence-electron chi connectivity index (χ3n) is 3.25. The number of amides is 1. The monoisotopic (exact) mass is 400 g/mol. The number of amidine groups is 1. The summed E-state index contributed by atoms with van der Waals surface area (Å²) in [7, 11) is 0. The summed E-state index contributed by atoms with van der Waals surface area (Å²) in [5, 5.41) is 1.88. The lowest BCUT2D eigenvalue weighted by atomic mass is 10.2. The van der Waals surface area contributed by atoms with Gasteiger partial charge in [-0.25, -0.2) is 10.8 Å². The number of hydrogen-bond acceptors (Lipinski definition) is 4. The molecule has 0 aliphatic carbocycles. The first kappa shape index (κ1) is 20.5. The average molecular weight is 401 g/mol. The molecule has 144 valence electrons. The van der Waals surface area contributed by atoms with E-state index in [1.54, 1.807) is 31.2 Å². The van der Waals surface area contributed by atoms with E-state index in [2.05, 4.69) is 15.7 Å². The van der Waals surface area contributed by atoms with Crippen LogP contribution in [0.5, 0.6) is 5.75 Å². The van der Waals surface area contributed by atoms with Crippen LogP contribution < -0.4 is 21.3 Å². The summed E-state index contributed by atoms with van der Waals surface area (Å²) in [5.41, 5.74) is 1.87. The summed E-state index contributed by atoms with van der Waals surface area (Å²) in [4.78, 5) is 16.1. The Labute approximate surface area is 158 Å². The Balaban J connectivity index is 2.00. The van der Waals surface area contributed by atoms with Gasteiger partial charge in [-0.05, 0) is 37.3 Å². The molecular formula is C17H16ClF3N4O2. The van der Waals surface area contributed by atoms with Gasteiger partial charge in [-0.15, -0.1) is 0 Å². The van der Waals surface area contributed by atoms with Crippen LogP contribution in [0.25, 0.3) is 0 Å². The number of halogens is 4. The molecular weight excluding hydrogens is 385 g/mol. The number of nitrogens with two attached hydrogens (primary N) is 1. The van der Waals surface area contributed by atoms with Gasteiger partial charge in [-0.1, -0.05) is 17.7 Å². The van der Waals surface area contributed by atoms with Crippen molar-refractivity contribution in [3.8, 4) is 5.75 Å². The fourth-order valence-corrected chi connectivity index (χ4v) is 2.26.